The van der Waals surface area contributed by atoms with Crippen LogP contribution in [0.15, 0.2) is 29.2 Å². The fourth-order valence-corrected chi connectivity index (χ4v) is 1.64. The topological polar surface area (TPSA) is 40.5 Å². The molecule has 0 aliphatic heterocycles. The largest absolute Gasteiger partial charge is 0.396 e. The van der Waals surface area contributed by atoms with Gasteiger partial charge in [-0.3, -0.25) is 0 Å². The molecule has 0 heterocycles. The van der Waals surface area contributed by atoms with Gasteiger partial charge in [0, 0.05) is 17.4 Å². The van der Waals surface area contributed by atoms with E-state index in [0.29, 0.717) is 0 Å². The summed E-state index contributed by atoms with van der Waals surface area (Å²) >= 11 is 1.67. The van der Waals surface area contributed by atoms with E-state index >= 15 is 0 Å². The molecule has 1 aromatic rings. The molecule has 2 atom stereocenters. The van der Waals surface area contributed by atoms with Gasteiger partial charge in [0.15, 0.2) is 0 Å². The molecule has 2 N–H and O–H groups in total. The van der Waals surface area contributed by atoms with E-state index in [1.54, 1.807) is 11.8 Å². The van der Waals surface area contributed by atoms with Gasteiger partial charge >= 0.3 is 0 Å². The van der Waals surface area contributed by atoms with Crippen molar-refractivity contribution in [2.24, 2.45) is 5.92 Å². The predicted molar refractivity (Wildman–Crippen MR) is 59.4 cm³/mol. The lowest BCUT2D eigenvalue weighted by atomic mass is 9.98. The van der Waals surface area contributed by atoms with E-state index in [1.807, 2.05) is 37.4 Å². The summed E-state index contributed by atoms with van der Waals surface area (Å²) in [7, 11) is 0. The minimum atomic E-state index is -0.573. The zero-order valence-electron chi connectivity index (χ0n) is 8.47. The molecule has 0 radical (unpaired) electrons. The molecule has 0 amide bonds. The van der Waals surface area contributed by atoms with Crippen LogP contribution in [0.3, 0.4) is 0 Å². The Hall–Kier alpha value is -0.510. The van der Waals surface area contributed by atoms with Crippen LogP contribution in [0.2, 0.25) is 0 Å². The molecule has 0 saturated carbocycles. The van der Waals surface area contributed by atoms with E-state index in [2.05, 4.69) is 0 Å². The molecule has 78 valence electrons. The first-order valence-electron chi connectivity index (χ1n) is 4.62. The quantitative estimate of drug-likeness (QED) is 0.751. The molecule has 0 spiro atoms. The first-order valence-corrected chi connectivity index (χ1v) is 5.84. The third kappa shape index (κ3) is 2.74. The lowest BCUT2D eigenvalue weighted by Gasteiger charge is -2.16. The first-order chi connectivity index (χ1) is 6.69. The van der Waals surface area contributed by atoms with Crippen molar-refractivity contribution in [2.75, 3.05) is 12.9 Å². The summed E-state index contributed by atoms with van der Waals surface area (Å²) in [5, 5.41) is 18.7. The van der Waals surface area contributed by atoms with Crippen molar-refractivity contribution >= 4 is 11.8 Å². The Bertz CT molecular complexity index is 271. The number of hydrogen-bond donors (Lipinski definition) is 2. The molecule has 14 heavy (non-hydrogen) atoms. The average Bonchev–Trinajstić information content (AvgIpc) is 2.27. The van der Waals surface area contributed by atoms with Crippen LogP contribution >= 0.6 is 11.8 Å². The molecule has 1 rings (SSSR count). The van der Waals surface area contributed by atoms with Gasteiger partial charge in [-0.25, -0.2) is 0 Å². The highest BCUT2D eigenvalue weighted by atomic mass is 32.2. The van der Waals surface area contributed by atoms with Gasteiger partial charge in [0.25, 0.3) is 0 Å². The van der Waals surface area contributed by atoms with Crippen LogP contribution < -0.4 is 0 Å². The van der Waals surface area contributed by atoms with Gasteiger partial charge in [-0.05, 0) is 24.0 Å². The van der Waals surface area contributed by atoms with Crippen LogP contribution in [0.1, 0.15) is 18.6 Å². The molecule has 0 bridgehead atoms. The van der Waals surface area contributed by atoms with Crippen LogP contribution in [0.25, 0.3) is 0 Å². The van der Waals surface area contributed by atoms with Gasteiger partial charge in [-0.2, -0.15) is 0 Å². The summed E-state index contributed by atoms with van der Waals surface area (Å²) in [6.07, 6.45) is 1.44. The van der Waals surface area contributed by atoms with Gasteiger partial charge in [0.2, 0.25) is 0 Å². The third-order valence-corrected chi connectivity index (χ3v) is 3.03. The highest BCUT2D eigenvalue weighted by Gasteiger charge is 2.14. The van der Waals surface area contributed by atoms with Gasteiger partial charge in [0.05, 0.1) is 6.10 Å². The van der Waals surface area contributed by atoms with Crippen molar-refractivity contribution in [3.8, 4) is 0 Å². The number of aliphatic hydroxyl groups is 2. The van der Waals surface area contributed by atoms with E-state index < -0.39 is 6.10 Å². The monoisotopic (exact) mass is 212 g/mol. The average molecular weight is 212 g/mol. The molecule has 0 saturated heterocycles. The van der Waals surface area contributed by atoms with E-state index in [-0.39, 0.29) is 12.5 Å². The minimum Gasteiger partial charge on any atom is -0.396 e. The molecule has 0 aliphatic rings. The van der Waals surface area contributed by atoms with Crippen molar-refractivity contribution in [2.45, 2.75) is 17.9 Å². The Balaban J connectivity index is 2.75. The van der Waals surface area contributed by atoms with Crippen molar-refractivity contribution in [1.82, 2.24) is 0 Å². The summed E-state index contributed by atoms with van der Waals surface area (Å²) in [5.74, 6) is -0.116. The Kier molecular flexibility index (Phi) is 4.45. The van der Waals surface area contributed by atoms with Gasteiger partial charge in [-0.15, -0.1) is 11.8 Å². The van der Waals surface area contributed by atoms with Crippen LogP contribution in [-0.2, 0) is 0 Å². The zero-order valence-corrected chi connectivity index (χ0v) is 9.29. The summed E-state index contributed by atoms with van der Waals surface area (Å²) < 4.78 is 0. The highest BCUT2D eigenvalue weighted by molar-refractivity contribution is 7.98. The van der Waals surface area contributed by atoms with Crippen LogP contribution in [0.4, 0.5) is 0 Å². The second-order valence-electron chi connectivity index (χ2n) is 3.38. The zero-order chi connectivity index (χ0) is 10.6. The Morgan fingerprint density at radius 2 is 1.86 bits per heavy atom. The molecule has 0 aromatic heterocycles. The maximum absolute atomic E-state index is 9.79. The predicted octanol–water partition coefficient (Wildman–Crippen LogP) is 2.07. The van der Waals surface area contributed by atoms with Crippen molar-refractivity contribution in [3.05, 3.63) is 29.8 Å². The Labute approximate surface area is 89.0 Å². The van der Waals surface area contributed by atoms with Crippen LogP contribution in [0, 0.1) is 5.92 Å². The normalized spacial score (nSPS) is 15.1. The molecule has 1 aromatic carbocycles. The van der Waals surface area contributed by atoms with Gasteiger partial charge < -0.3 is 10.2 Å². The summed E-state index contributed by atoms with van der Waals surface area (Å²) in [6, 6.07) is 7.77. The van der Waals surface area contributed by atoms with E-state index in [0.717, 1.165) is 5.56 Å². The van der Waals surface area contributed by atoms with Crippen molar-refractivity contribution in [1.29, 1.82) is 0 Å². The molecule has 0 fully saturated rings. The number of thioether (sulfide) groups is 1. The standard InChI is InChI=1S/C11H16O2S/c1-8(7-12)11(13)9-3-5-10(14-2)6-4-9/h3-6,8,11-13H,7H2,1-2H3/t8?,11-/m1/s1. The number of hydrogen-bond acceptors (Lipinski definition) is 3. The van der Waals surface area contributed by atoms with Crippen LogP contribution in [0.5, 0.6) is 0 Å². The fourth-order valence-electron chi connectivity index (χ4n) is 1.23. The third-order valence-electron chi connectivity index (χ3n) is 2.28. The van der Waals surface area contributed by atoms with Gasteiger partial charge in [0.1, 0.15) is 0 Å². The lowest BCUT2D eigenvalue weighted by molar-refractivity contribution is 0.0770. The molecular weight excluding hydrogens is 196 g/mol. The van der Waals surface area contributed by atoms with E-state index in [9.17, 15) is 5.11 Å². The van der Waals surface area contributed by atoms with Crippen LogP contribution in [-0.4, -0.2) is 23.1 Å². The first kappa shape index (κ1) is 11.6. The Morgan fingerprint density at radius 1 is 1.29 bits per heavy atom. The number of aliphatic hydroxyl groups excluding tert-OH is 2. The summed E-state index contributed by atoms with van der Waals surface area (Å²) in [5.41, 5.74) is 0.865. The lowest BCUT2D eigenvalue weighted by Crippen LogP contribution is -2.12. The molecule has 1 unspecified atom stereocenters. The maximum Gasteiger partial charge on any atom is 0.0837 e. The smallest absolute Gasteiger partial charge is 0.0837 e. The van der Waals surface area contributed by atoms with Crippen molar-refractivity contribution in [3.63, 3.8) is 0 Å². The fraction of sp³-hybridized carbons (Fsp3) is 0.455. The maximum atomic E-state index is 9.79. The van der Waals surface area contributed by atoms with Gasteiger partial charge in [-0.1, -0.05) is 19.1 Å². The molecule has 3 heteroatoms. The molecule has 0 aliphatic carbocycles. The van der Waals surface area contributed by atoms with E-state index in [1.165, 1.54) is 4.90 Å². The van der Waals surface area contributed by atoms with E-state index in [4.69, 9.17) is 5.11 Å². The molecular formula is C11H16O2S. The highest BCUT2D eigenvalue weighted by Crippen LogP contribution is 2.23. The van der Waals surface area contributed by atoms with Crippen molar-refractivity contribution < 1.29 is 10.2 Å². The second kappa shape index (κ2) is 5.39. The Morgan fingerprint density at radius 3 is 2.29 bits per heavy atom. The summed E-state index contributed by atoms with van der Waals surface area (Å²) in [4.78, 5) is 1.18. The number of benzene rings is 1. The minimum absolute atomic E-state index is 0.00540. The summed E-state index contributed by atoms with van der Waals surface area (Å²) in [6.45, 7) is 1.83. The second-order valence-corrected chi connectivity index (χ2v) is 4.26. The SMILES string of the molecule is CSc1ccc([C@H](O)C(C)CO)cc1. The molecule has 2 nitrogen and oxygen atoms in total. The number of rotatable bonds is 4.